The Hall–Kier alpha value is -0.0700. The maximum absolute atomic E-state index is 3.76. The van der Waals surface area contributed by atoms with E-state index < -0.39 is 0 Å². The first-order valence-electron chi connectivity index (χ1n) is 6.37. The maximum Gasteiger partial charge on any atom is 0.0585 e. The number of nitrogens with one attached hydrogen (secondary N) is 2. The van der Waals surface area contributed by atoms with E-state index in [1.807, 2.05) is 6.20 Å². The Morgan fingerprint density at radius 1 is 1.31 bits per heavy atom. The van der Waals surface area contributed by atoms with E-state index in [1.54, 1.807) is 0 Å². The van der Waals surface area contributed by atoms with Crippen molar-refractivity contribution in [3.05, 3.63) is 12.8 Å². The largest absolute Gasteiger partial charge is 0.384 e. The van der Waals surface area contributed by atoms with Crippen LogP contribution in [0.25, 0.3) is 0 Å². The summed E-state index contributed by atoms with van der Waals surface area (Å²) >= 11 is 0. The van der Waals surface area contributed by atoms with Gasteiger partial charge in [0.25, 0.3) is 0 Å². The molecule has 2 N–H and O–H groups in total. The third-order valence-electron chi connectivity index (χ3n) is 2.59. The highest BCUT2D eigenvalue weighted by atomic mass is 31.1. The Morgan fingerprint density at radius 2 is 1.94 bits per heavy atom. The molecule has 0 spiro atoms. The molecule has 0 saturated carbocycles. The molecule has 0 amide bonds. The molecule has 0 aromatic rings. The van der Waals surface area contributed by atoms with Gasteiger partial charge < -0.3 is 5.32 Å². The highest BCUT2D eigenvalue weighted by Crippen LogP contribution is 2.34. The second-order valence-electron chi connectivity index (χ2n) is 4.95. The van der Waals surface area contributed by atoms with E-state index in [9.17, 15) is 0 Å². The van der Waals surface area contributed by atoms with Gasteiger partial charge in [0.2, 0.25) is 0 Å². The van der Waals surface area contributed by atoms with Gasteiger partial charge in [-0.25, -0.2) is 0 Å². The molecule has 0 saturated heterocycles. The summed E-state index contributed by atoms with van der Waals surface area (Å²) in [6.07, 6.45) is 5.52. The quantitative estimate of drug-likeness (QED) is 0.601. The molecule has 2 nitrogen and oxygen atoms in total. The van der Waals surface area contributed by atoms with E-state index in [4.69, 9.17) is 0 Å². The van der Waals surface area contributed by atoms with Gasteiger partial charge in [-0.3, -0.25) is 5.09 Å². The van der Waals surface area contributed by atoms with Crippen molar-refractivity contribution in [3.8, 4) is 0 Å². The molecule has 0 aromatic carbocycles. The van der Waals surface area contributed by atoms with E-state index in [0.29, 0.717) is 11.8 Å². The van der Waals surface area contributed by atoms with E-state index in [1.165, 1.54) is 19.3 Å². The van der Waals surface area contributed by atoms with Gasteiger partial charge in [0.05, 0.1) is 5.78 Å². The van der Waals surface area contributed by atoms with Crippen molar-refractivity contribution in [2.75, 3.05) is 6.66 Å². The van der Waals surface area contributed by atoms with E-state index >= 15 is 0 Å². The van der Waals surface area contributed by atoms with Crippen LogP contribution < -0.4 is 10.4 Å². The van der Waals surface area contributed by atoms with Crippen molar-refractivity contribution >= 4 is 8.07 Å². The van der Waals surface area contributed by atoms with E-state index in [0.717, 1.165) is 5.92 Å². The lowest BCUT2D eigenvalue weighted by atomic mass is 10.1. The third-order valence-corrected chi connectivity index (χ3v) is 4.78. The molecule has 16 heavy (non-hydrogen) atoms. The zero-order chi connectivity index (χ0) is 12.6. The molecule has 0 bridgehead atoms. The van der Waals surface area contributed by atoms with Gasteiger partial charge in [-0.1, -0.05) is 33.8 Å². The summed E-state index contributed by atoms with van der Waals surface area (Å²) in [5.74, 6) is 1.33. The summed E-state index contributed by atoms with van der Waals surface area (Å²) in [5.41, 5.74) is 0. The molecule has 0 fully saturated rings. The molecular formula is C13H29N2P. The second kappa shape index (κ2) is 9.01. The number of rotatable bonds is 9. The van der Waals surface area contributed by atoms with Crippen LogP contribution in [0.3, 0.4) is 0 Å². The smallest absolute Gasteiger partial charge is 0.0585 e. The molecular weight excluding hydrogens is 215 g/mol. The molecule has 3 atom stereocenters. The Labute approximate surface area is 103 Å². The molecule has 0 radical (unpaired) electrons. The molecule has 3 heteroatoms. The maximum atomic E-state index is 3.76. The third kappa shape index (κ3) is 7.24. The van der Waals surface area contributed by atoms with Crippen LogP contribution >= 0.6 is 8.07 Å². The van der Waals surface area contributed by atoms with Gasteiger partial charge in [-0.05, 0) is 46.6 Å². The summed E-state index contributed by atoms with van der Waals surface area (Å²) in [6, 6.07) is 0.613. The van der Waals surface area contributed by atoms with Crippen LogP contribution in [0.4, 0.5) is 0 Å². The minimum Gasteiger partial charge on any atom is -0.384 e. The van der Waals surface area contributed by atoms with Crippen molar-refractivity contribution < 1.29 is 0 Å². The van der Waals surface area contributed by atoms with Crippen molar-refractivity contribution in [1.82, 2.24) is 10.4 Å². The van der Waals surface area contributed by atoms with Crippen LogP contribution in [0.5, 0.6) is 0 Å². The van der Waals surface area contributed by atoms with Crippen LogP contribution in [-0.2, 0) is 0 Å². The van der Waals surface area contributed by atoms with Gasteiger partial charge in [-0.2, -0.15) is 0 Å². The monoisotopic (exact) mass is 244 g/mol. The molecule has 0 heterocycles. The van der Waals surface area contributed by atoms with Crippen LogP contribution in [0.15, 0.2) is 12.8 Å². The highest BCUT2D eigenvalue weighted by molar-refractivity contribution is 7.55. The zero-order valence-corrected chi connectivity index (χ0v) is 12.5. The molecule has 0 aliphatic heterocycles. The van der Waals surface area contributed by atoms with Crippen LogP contribution in [0.2, 0.25) is 0 Å². The molecule has 96 valence electrons. The second-order valence-corrected chi connectivity index (χ2v) is 7.05. The number of hydrogen-bond donors (Lipinski definition) is 2. The lowest BCUT2D eigenvalue weighted by Crippen LogP contribution is -2.31. The lowest BCUT2D eigenvalue weighted by Gasteiger charge is -2.28. The summed E-state index contributed by atoms with van der Waals surface area (Å²) < 4.78 is 0. The Kier molecular flexibility index (Phi) is 8.97. The average molecular weight is 244 g/mol. The van der Waals surface area contributed by atoms with Gasteiger partial charge in [0.15, 0.2) is 0 Å². The van der Waals surface area contributed by atoms with Crippen LogP contribution in [0, 0.1) is 5.92 Å². The minimum absolute atomic E-state index is 0.158. The predicted octanol–water partition coefficient (Wildman–Crippen LogP) is 3.90. The first-order valence-corrected chi connectivity index (χ1v) is 8.23. The zero-order valence-electron chi connectivity index (χ0n) is 11.6. The highest BCUT2D eigenvalue weighted by Gasteiger charge is 2.16. The van der Waals surface area contributed by atoms with Gasteiger partial charge in [0, 0.05) is 6.04 Å². The first kappa shape index (κ1) is 15.9. The summed E-state index contributed by atoms with van der Waals surface area (Å²) in [6.45, 7) is 15.2. The summed E-state index contributed by atoms with van der Waals surface area (Å²) in [5, 5.41) is 7.11. The Bertz CT molecular complexity index is 183. The predicted molar refractivity (Wildman–Crippen MR) is 76.9 cm³/mol. The first-order chi connectivity index (χ1) is 7.51. The summed E-state index contributed by atoms with van der Waals surface area (Å²) in [4.78, 5) is 0. The fraction of sp³-hybridized carbons (Fsp3) is 0.846. The normalized spacial score (nSPS) is 16.9. The fourth-order valence-electron chi connectivity index (χ4n) is 2.00. The van der Waals surface area contributed by atoms with Crippen molar-refractivity contribution in [3.63, 3.8) is 0 Å². The van der Waals surface area contributed by atoms with Crippen LogP contribution in [-0.4, -0.2) is 18.5 Å². The topological polar surface area (TPSA) is 24.1 Å². The minimum atomic E-state index is -0.158. The number of hydrogen-bond acceptors (Lipinski definition) is 2. The molecule has 3 unspecified atom stereocenters. The molecule has 0 aliphatic rings. The molecule has 0 aromatic heterocycles. The average Bonchev–Trinajstić information content (AvgIpc) is 2.15. The fourth-order valence-corrected chi connectivity index (χ4v) is 3.95. The van der Waals surface area contributed by atoms with Crippen LogP contribution in [0.1, 0.15) is 47.0 Å². The Morgan fingerprint density at radius 3 is 2.38 bits per heavy atom. The standard InChI is InChI=1S/C13H29N2P/c1-7-9-13(14-8-2)16(6)15-12(5)10-11(3)4/h8,11-15H,2,7,9-10H2,1,3-6H3. The van der Waals surface area contributed by atoms with Crippen molar-refractivity contribution in [1.29, 1.82) is 0 Å². The van der Waals surface area contributed by atoms with Crippen molar-refractivity contribution in [2.24, 2.45) is 5.92 Å². The SMILES string of the molecule is C=CNC(CCC)P(C)NC(C)CC(C)C. The molecule has 0 rings (SSSR count). The lowest BCUT2D eigenvalue weighted by molar-refractivity contribution is 0.496. The summed E-state index contributed by atoms with van der Waals surface area (Å²) in [7, 11) is -0.158. The van der Waals surface area contributed by atoms with E-state index in [-0.39, 0.29) is 8.07 Å². The van der Waals surface area contributed by atoms with Gasteiger partial charge >= 0.3 is 0 Å². The van der Waals surface area contributed by atoms with Gasteiger partial charge in [0.1, 0.15) is 0 Å². The Balaban J connectivity index is 4.06. The van der Waals surface area contributed by atoms with Gasteiger partial charge in [-0.15, -0.1) is 0 Å². The van der Waals surface area contributed by atoms with Crippen molar-refractivity contribution in [2.45, 2.75) is 58.8 Å². The van der Waals surface area contributed by atoms with E-state index in [2.05, 4.69) is 51.3 Å². The molecule has 0 aliphatic carbocycles.